The van der Waals surface area contributed by atoms with E-state index in [1.54, 1.807) is 6.92 Å². The molecule has 0 amide bonds. The van der Waals surface area contributed by atoms with Crippen LogP contribution in [0.5, 0.6) is 0 Å². The summed E-state index contributed by atoms with van der Waals surface area (Å²) < 4.78 is 44.4. The maximum atomic E-state index is 13.2. The summed E-state index contributed by atoms with van der Waals surface area (Å²) in [6, 6.07) is 2.02. The Kier molecular flexibility index (Phi) is 4.06. The van der Waals surface area contributed by atoms with Crippen molar-refractivity contribution < 1.29 is 17.3 Å². The highest BCUT2D eigenvalue weighted by atomic mass is 79.9. The first kappa shape index (κ1) is 14.9. The van der Waals surface area contributed by atoms with Crippen LogP contribution >= 0.6 is 15.9 Å². The third-order valence-electron chi connectivity index (χ3n) is 2.33. The lowest BCUT2D eigenvalue weighted by molar-refractivity contribution is 0.387. The number of nitrogens with zero attached hydrogens (tertiary/aromatic N) is 2. The number of hydrogen-bond acceptors (Lipinski definition) is 6. The maximum Gasteiger partial charge on any atom is 0.243 e. The molecule has 3 N–H and O–H groups in total. The molecule has 108 valence electrons. The van der Waals surface area contributed by atoms with Crippen LogP contribution in [-0.2, 0) is 16.6 Å². The van der Waals surface area contributed by atoms with Crippen LogP contribution in [0.4, 0.5) is 10.1 Å². The molecular formula is C10H10BrFN4O3S. The molecule has 20 heavy (non-hydrogen) atoms. The largest absolute Gasteiger partial charge is 0.398 e. The number of anilines is 1. The maximum absolute atomic E-state index is 13.2. The third-order valence-corrected chi connectivity index (χ3v) is 4.40. The van der Waals surface area contributed by atoms with Crippen LogP contribution in [-0.4, -0.2) is 18.6 Å². The van der Waals surface area contributed by atoms with Crippen molar-refractivity contribution >= 4 is 31.6 Å². The van der Waals surface area contributed by atoms with E-state index in [1.807, 2.05) is 0 Å². The Bertz CT molecular complexity index is 747. The molecule has 0 aliphatic carbocycles. The second kappa shape index (κ2) is 5.46. The average molecular weight is 365 g/mol. The molecule has 1 aromatic carbocycles. The van der Waals surface area contributed by atoms with Gasteiger partial charge in [-0.15, -0.1) is 0 Å². The number of benzene rings is 1. The Morgan fingerprint density at radius 3 is 2.80 bits per heavy atom. The fourth-order valence-electron chi connectivity index (χ4n) is 1.43. The molecule has 0 saturated carbocycles. The minimum atomic E-state index is -3.91. The SMILES string of the molecule is Cc1nc(CNS(=O)(=O)c2cc(Br)c(F)cc2N)no1. The molecule has 0 spiro atoms. The van der Waals surface area contributed by atoms with E-state index in [9.17, 15) is 12.8 Å². The molecule has 0 atom stereocenters. The summed E-state index contributed by atoms with van der Waals surface area (Å²) in [6.45, 7) is 1.42. The van der Waals surface area contributed by atoms with Crippen molar-refractivity contribution in [3.63, 3.8) is 0 Å². The molecule has 10 heteroatoms. The Morgan fingerprint density at radius 1 is 1.50 bits per heavy atom. The summed E-state index contributed by atoms with van der Waals surface area (Å²) in [5.41, 5.74) is 5.33. The molecule has 0 aliphatic heterocycles. The number of nitrogens with one attached hydrogen (secondary N) is 1. The van der Waals surface area contributed by atoms with E-state index >= 15 is 0 Å². The zero-order valence-corrected chi connectivity index (χ0v) is 12.6. The fourth-order valence-corrected chi connectivity index (χ4v) is 3.04. The molecular weight excluding hydrogens is 355 g/mol. The molecule has 1 heterocycles. The normalized spacial score (nSPS) is 11.8. The number of sulfonamides is 1. The monoisotopic (exact) mass is 364 g/mol. The van der Waals surface area contributed by atoms with Gasteiger partial charge in [-0.3, -0.25) is 0 Å². The lowest BCUT2D eigenvalue weighted by atomic mass is 10.3. The van der Waals surface area contributed by atoms with Crippen LogP contribution in [0, 0.1) is 12.7 Å². The van der Waals surface area contributed by atoms with Crippen molar-refractivity contribution in [1.82, 2.24) is 14.9 Å². The van der Waals surface area contributed by atoms with Crippen molar-refractivity contribution in [1.29, 1.82) is 0 Å². The minimum Gasteiger partial charge on any atom is -0.398 e. The van der Waals surface area contributed by atoms with Crippen molar-refractivity contribution in [3.05, 3.63) is 34.1 Å². The minimum absolute atomic E-state index is 0.00230. The first-order chi connectivity index (χ1) is 9.29. The number of halogens is 2. The van der Waals surface area contributed by atoms with Gasteiger partial charge in [-0.05, 0) is 28.1 Å². The van der Waals surface area contributed by atoms with E-state index in [0.717, 1.165) is 12.1 Å². The van der Waals surface area contributed by atoms with E-state index in [4.69, 9.17) is 10.3 Å². The summed E-state index contributed by atoms with van der Waals surface area (Å²) >= 11 is 2.91. The second-order valence-corrected chi connectivity index (χ2v) is 6.45. The lowest BCUT2D eigenvalue weighted by Crippen LogP contribution is -2.24. The summed E-state index contributed by atoms with van der Waals surface area (Å²) in [5.74, 6) is -0.135. The Hall–Kier alpha value is -1.52. The summed E-state index contributed by atoms with van der Waals surface area (Å²) in [7, 11) is -3.91. The second-order valence-electron chi connectivity index (χ2n) is 3.86. The van der Waals surface area contributed by atoms with Crippen LogP contribution in [0.1, 0.15) is 11.7 Å². The molecule has 0 fully saturated rings. The predicted octanol–water partition coefficient (Wildman–Crippen LogP) is 1.34. The van der Waals surface area contributed by atoms with Gasteiger partial charge >= 0.3 is 0 Å². The molecule has 7 nitrogen and oxygen atoms in total. The Labute approximate surface area is 122 Å². The van der Waals surface area contributed by atoms with Gasteiger partial charge in [-0.2, -0.15) is 4.98 Å². The summed E-state index contributed by atoms with van der Waals surface area (Å²) in [6.07, 6.45) is 0. The highest BCUT2D eigenvalue weighted by Gasteiger charge is 2.20. The van der Waals surface area contributed by atoms with Gasteiger partial charge in [0.2, 0.25) is 15.9 Å². The van der Waals surface area contributed by atoms with E-state index in [-0.39, 0.29) is 27.4 Å². The fraction of sp³-hybridized carbons (Fsp3) is 0.200. The molecule has 0 bridgehead atoms. The zero-order valence-electron chi connectivity index (χ0n) is 10.2. The number of hydrogen-bond donors (Lipinski definition) is 2. The third kappa shape index (κ3) is 3.14. The highest BCUT2D eigenvalue weighted by molar-refractivity contribution is 9.10. The van der Waals surface area contributed by atoms with Gasteiger partial charge < -0.3 is 10.3 Å². The number of rotatable bonds is 4. The van der Waals surface area contributed by atoms with Crippen LogP contribution in [0.2, 0.25) is 0 Å². The van der Waals surface area contributed by atoms with Crippen LogP contribution < -0.4 is 10.5 Å². The van der Waals surface area contributed by atoms with Crippen LogP contribution in [0.25, 0.3) is 0 Å². The van der Waals surface area contributed by atoms with E-state index < -0.39 is 15.8 Å². The van der Waals surface area contributed by atoms with Crippen molar-refractivity contribution in [2.45, 2.75) is 18.4 Å². The van der Waals surface area contributed by atoms with Gasteiger partial charge in [0.15, 0.2) is 5.82 Å². The van der Waals surface area contributed by atoms with E-state index in [1.165, 1.54) is 0 Å². The quantitative estimate of drug-likeness (QED) is 0.791. The molecule has 0 saturated heterocycles. The molecule has 0 aliphatic rings. The summed E-state index contributed by atoms with van der Waals surface area (Å²) in [5, 5.41) is 3.55. The smallest absolute Gasteiger partial charge is 0.243 e. The van der Waals surface area contributed by atoms with E-state index in [2.05, 4.69) is 30.8 Å². The topological polar surface area (TPSA) is 111 Å². The van der Waals surface area contributed by atoms with Crippen molar-refractivity contribution in [2.24, 2.45) is 0 Å². The van der Waals surface area contributed by atoms with Gasteiger partial charge in [-0.25, -0.2) is 17.5 Å². The van der Waals surface area contributed by atoms with Crippen LogP contribution in [0.15, 0.2) is 26.0 Å². The molecule has 2 aromatic rings. The predicted molar refractivity (Wildman–Crippen MR) is 71.6 cm³/mol. The first-order valence-electron chi connectivity index (χ1n) is 5.33. The standard InChI is InChI=1S/C10H10BrFN4O3S/c1-5-15-10(16-19-5)4-14-20(17,18)9-2-6(11)7(12)3-8(9)13/h2-3,14H,4,13H2,1H3. The number of aromatic nitrogens is 2. The highest BCUT2D eigenvalue weighted by Crippen LogP contribution is 2.26. The number of nitrogen functional groups attached to an aromatic ring is 1. The van der Waals surface area contributed by atoms with E-state index in [0.29, 0.717) is 5.89 Å². The average Bonchev–Trinajstić information content (AvgIpc) is 2.77. The van der Waals surface area contributed by atoms with Gasteiger partial charge in [0.05, 0.1) is 16.7 Å². The Morgan fingerprint density at radius 2 is 2.20 bits per heavy atom. The van der Waals surface area contributed by atoms with Gasteiger partial charge in [0, 0.05) is 6.92 Å². The molecule has 0 radical (unpaired) electrons. The number of nitrogens with two attached hydrogens (primary N) is 1. The number of aryl methyl sites for hydroxylation is 1. The van der Waals surface area contributed by atoms with Gasteiger partial charge in [0.1, 0.15) is 10.7 Å². The molecule has 2 rings (SSSR count). The van der Waals surface area contributed by atoms with Crippen LogP contribution in [0.3, 0.4) is 0 Å². The van der Waals surface area contributed by atoms with Crippen molar-refractivity contribution in [3.8, 4) is 0 Å². The summed E-state index contributed by atoms with van der Waals surface area (Å²) in [4.78, 5) is 3.63. The van der Waals surface area contributed by atoms with Crippen molar-refractivity contribution in [2.75, 3.05) is 5.73 Å². The Balaban J connectivity index is 2.24. The first-order valence-corrected chi connectivity index (χ1v) is 7.60. The lowest BCUT2D eigenvalue weighted by Gasteiger charge is -2.08. The van der Waals surface area contributed by atoms with Gasteiger partial charge in [0.25, 0.3) is 0 Å². The molecule has 0 unspecified atom stereocenters. The molecule has 1 aromatic heterocycles. The zero-order chi connectivity index (χ0) is 14.9. The van der Waals surface area contributed by atoms with Gasteiger partial charge in [-0.1, -0.05) is 5.16 Å².